The molecule has 3 atom stereocenters. The van der Waals surface area contributed by atoms with Gasteiger partial charge >= 0.3 is 0 Å². The predicted octanol–water partition coefficient (Wildman–Crippen LogP) is 3.88. The van der Waals surface area contributed by atoms with E-state index < -0.39 is 11.6 Å². The normalized spacial score (nSPS) is 47.5. The van der Waals surface area contributed by atoms with Crippen LogP contribution < -0.4 is 0 Å². The van der Waals surface area contributed by atoms with Crippen molar-refractivity contribution in [2.45, 2.75) is 77.8 Å². The van der Waals surface area contributed by atoms with Gasteiger partial charge in [0.25, 0.3) is 0 Å². The van der Waals surface area contributed by atoms with E-state index in [1.165, 1.54) is 19.3 Å². The van der Waals surface area contributed by atoms with E-state index >= 15 is 0 Å². The lowest BCUT2D eigenvalue weighted by Crippen LogP contribution is -2.51. The van der Waals surface area contributed by atoms with Crippen molar-refractivity contribution in [3.05, 3.63) is 0 Å². The Kier molecular flexibility index (Phi) is 3.50. The van der Waals surface area contributed by atoms with Gasteiger partial charge in [0.05, 0.1) is 26.4 Å². The molecule has 0 radical (unpaired) electrons. The number of fused-ring (bicyclic) bond motifs is 1. The molecule has 0 aromatic carbocycles. The molecule has 0 unspecified atom stereocenters. The maximum Gasteiger partial charge on any atom is 0.174 e. The molecular formula is C19H32O4. The number of hydrogen-bond donors (Lipinski definition) is 0. The molecular weight excluding hydrogens is 292 g/mol. The van der Waals surface area contributed by atoms with Gasteiger partial charge in [-0.25, -0.2) is 0 Å². The van der Waals surface area contributed by atoms with Crippen LogP contribution in [0.4, 0.5) is 0 Å². The van der Waals surface area contributed by atoms with E-state index in [1.807, 2.05) is 0 Å². The molecule has 2 aliphatic carbocycles. The minimum absolute atomic E-state index is 0.0000694. The third-order valence-corrected chi connectivity index (χ3v) is 8.15. The second-order valence-electron chi connectivity index (χ2n) is 9.04. The average molecular weight is 324 g/mol. The fraction of sp³-hybridized carbons (Fsp3) is 1.00. The molecule has 2 heterocycles. The predicted molar refractivity (Wildman–Crippen MR) is 87.0 cm³/mol. The molecule has 4 heteroatoms. The Morgan fingerprint density at radius 3 is 2.00 bits per heavy atom. The zero-order valence-corrected chi connectivity index (χ0v) is 15.2. The van der Waals surface area contributed by atoms with Crippen LogP contribution in [0.5, 0.6) is 0 Å². The van der Waals surface area contributed by atoms with Crippen LogP contribution in [-0.2, 0) is 18.9 Å². The third-order valence-electron chi connectivity index (χ3n) is 8.15. The molecule has 2 aliphatic heterocycles. The summed E-state index contributed by atoms with van der Waals surface area (Å²) in [4.78, 5) is 0. The lowest BCUT2D eigenvalue weighted by Gasteiger charge is -2.50. The molecule has 4 nitrogen and oxygen atoms in total. The smallest absolute Gasteiger partial charge is 0.174 e. The van der Waals surface area contributed by atoms with Gasteiger partial charge in [0.1, 0.15) is 0 Å². The minimum Gasteiger partial charge on any atom is -0.348 e. The van der Waals surface area contributed by atoms with Crippen molar-refractivity contribution in [2.24, 2.45) is 16.2 Å². The first-order valence-corrected chi connectivity index (χ1v) is 9.34. The molecule has 0 N–H and O–H groups in total. The summed E-state index contributed by atoms with van der Waals surface area (Å²) in [6.07, 6.45) is 6.85. The van der Waals surface area contributed by atoms with E-state index in [2.05, 4.69) is 27.7 Å². The summed E-state index contributed by atoms with van der Waals surface area (Å²) in [5, 5.41) is 0. The molecule has 2 saturated carbocycles. The molecule has 1 spiro atoms. The van der Waals surface area contributed by atoms with Crippen LogP contribution >= 0.6 is 0 Å². The van der Waals surface area contributed by atoms with Gasteiger partial charge < -0.3 is 18.9 Å². The van der Waals surface area contributed by atoms with Gasteiger partial charge in [-0.3, -0.25) is 0 Å². The SMILES string of the molecule is CC1(CC[C@]2(C)C3(C[C@]4(C)CCC[C@@]42C)OCCO3)OCCO1. The van der Waals surface area contributed by atoms with Crippen molar-refractivity contribution in [3.8, 4) is 0 Å². The van der Waals surface area contributed by atoms with Crippen LogP contribution in [0.1, 0.15) is 66.2 Å². The molecule has 132 valence electrons. The maximum absolute atomic E-state index is 6.33. The Morgan fingerprint density at radius 1 is 0.739 bits per heavy atom. The molecule has 2 saturated heterocycles. The van der Waals surface area contributed by atoms with Gasteiger partial charge in [-0.2, -0.15) is 0 Å². The Hall–Kier alpha value is -0.160. The van der Waals surface area contributed by atoms with Gasteiger partial charge in [-0.05, 0) is 37.0 Å². The quantitative estimate of drug-likeness (QED) is 0.789. The highest BCUT2D eigenvalue weighted by molar-refractivity contribution is 5.20. The third kappa shape index (κ3) is 1.98. The van der Waals surface area contributed by atoms with Crippen LogP contribution in [0.25, 0.3) is 0 Å². The molecule has 4 aliphatic rings. The molecule has 4 rings (SSSR count). The molecule has 0 amide bonds. The minimum atomic E-state index is -0.434. The molecule has 0 bridgehead atoms. The van der Waals surface area contributed by atoms with Crippen molar-refractivity contribution < 1.29 is 18.9 Å². The van der Waals surface area contributed by atoms with Crippen molar-refractivity contribution in [1.29, 1.82) is 0 Å². The fourth-order valence-corrected chi connectivity index (χ4v) is 6.28. The number of ether oxygens (including phenoxy) is 4. The van der Waals surface area contributed by atoms with Crippen LogP contribution in [-0.4, -0.2) is 38.0 Å². The maximum atomic E-state index is 6.33. The van der Waals surface area contributed by atoms with Gasteiger partial charge in [-0.15, -0.1) is 0 Å². The second kappa shape index (κ2) is 4.94. The zero-order valence-electron chi connectivity index (χ0n) is 15.2. The molecule has 0 aromatic rings. The number of rotatable bonds is 3. The van der Waals surface area contributed by atoms with Crippen molar-refractivity contribution in [1.82, 2.24) is 0 Å². The summed E-state index contributed by atoms with van der Waals surface area (Å²) < 4.78 is 24.4. The monoisotopic (exact) mass is 324 g/mol. The molecule has 23 heavy (non-hydrogen) atoms. The average Bonchev–Trinajstić information content (AvgIpc) is 3.22. The first-order chi connectivity index (χ1) is 10.8. The first kappa shape index (κ1) is 16.3. The summed E-state index contributed by atoms with van der Waals surface area (Å²) in [5.74, 6) is -0.845. The summed E-state index contributed by atoms with van der Waals surface area (Å²) in [6.45, 7) is 12.3. The Balaban J connectivity index is 1.66. The van der Waals surface area contributed by atoms with Crippen LogP contribution in [0.2, 0.25) is 0 Å². The Labute approximate surface area is 140 Å². The molecule has 0 aromatic heterocycles. The van der Waals surface area contributed by atoms with E-state index in [-0.39, 0.29) is 10.8 Å². The van der Waals surface area contributed by atoms with E-state index in [1.54, 1.807) is 0 Å². The summed E-state index contributed by atoms with van der Waals surface area (Å²) >= 11 is 0. The van der Waals surface area contributed by atoms with Crippen molar-refractivity contribution in [3.63, 3.8) is 0 Å². The van der Waals surface area contributed by atoms with E-state index in [0.717, 1.165) is 32.5 Å². The lowest BCUT2D eigenvalue weighted by atomic mass is 9.57. The molecule has 4 fully saturated rings. The van der Waals surface area contributed by atoms with Gasteiger partial charge in [-0.1, -0.05) is 27.2 Å². The first-order valence-electron chi connectivity index (χ1n) is 9.34. The van der Waals surface area contributed by atoms with Crippen LogP contribution in [0, 0.1) is 16.2 Å². The van der Waals surface area contributed by atoms with E-state index in [4.69, 9.17) is 18.9 Å². The van der Waals surface area contributed by atoms with Gasteiger partial charge in [0.15, 0.2) is 11.6 Å². The van der Waals surface area contributed by atoms with E-state index in [9.17, 15) is 0 Å². The fourth-order valence-electron chi connectivity index (χ4n) is 6.28. The van der Waals surface area contributed by atoms with E-state index in [0.29, 0.717) is 18.6 Å². The summed E-state index contributed by atoms with van der Waals surface area (Å²) in [5.41, 5.74) is 0.559. The highest BCUT2D eigenvalue weighted by Crippen LogP contribution is 2.76. The van der Waals surface area contributed by atoms with Crippen molar-refractivity contribution >= 4 is 0 Å². The largest absolute Gasteiger partial charge is 0.348 e. The van der Waals surface area contributed by atoms with Crippen LogP contribution in [0.3, 0.4) is 0 Å². The van der Waals surface area contributed by atoms with Gasteiger partial charge in [0.2, 0.25) is 0 Å². The summed E-state index contributed by atoms with van der Waals surface area (Å²) in [7, 11) is 0. The highest BCUT2D eigenvalue weighted by Gasteiger charge is 2.75. The van der Waals surface area contributed by atoms with Crippen molar-refractivity contribution in [2.75, 3.05) is 26.4 Å². The Morgan fingerprint density at radius 2 is 1.35 bits per heavy atom. The summed E-state index contributed by atoms with van der Waals surface area (Å²) in [6, 6.07) is 0. The standard InChI is InChI=1S/C19H32O4/c1-15-6-5-7-16(15,2)17(3,19(14-15)22-12-13-23-19)8-9-18(4)20-10-11-21-18/h5-14H2,1-4H3/t15-,16-,17-/m0/s1. The second-order valence-corrected chi connectivity index (χ2v) is 9.04. The Bertz CT molecular complexity index is 480. The lowest BCUT2D eigenvalue weighted by molar-refractivity contribution is -0.246. The highest BCUT2D eigenvalue weighted by atomic mass is 16.7. The van der Waals surface area contributed by atoms with Crippen LogP contribution in [0.15, 0.2) is 0 Å². The van der Waals surface area contributed by atoms with Gasteiger partial charge in [0, 0.05) is 18.3 Å². The topological polar surface area (TPSA) is 36.9 Å². The number of hydrogen-bond acceptors (Lipinski definition) is 4. The zero-order chi connectivity index (χ0) is 16.4.